The number of aliphatic carboxylic acids is 1. The van der Waals surface area contributed by atoms with E-state index in [1.807, 2.05) is 30.3 Å². The highest BCUT2D eigenvalue weighted by molar-refractivity contribution is 5.88. The number of carbonyl (C=O) groups excluding carboxylic acids is 2. The van der Waals surface area contributed by atoms with E-state index in [-0.39, 0.29) is 30.4 Å². The number of ether oxygens (including phenoxy) is 1. The van der Waals surface area contributed by atoms with E-state index in [0.29, 0.717) is 19.3 Å². The Morgan fingerprint density at radius 1 is 1.16 bits per heavy atom. The first-order valence-corrected chi connectivity index (χ1v) is 11.9. The van der Waals surface area contributed by atoms with Crippen molar-refractivity contribution in [3.63, 3.8) is 0 Å². The van der Waals surface area contributed by atoms with Crippen LogP contribution in [-0.2, 0) is 25.5 Å². The van der Waals surface area contributed by atoms with Crippen molar-refractivity contribution in [1.82, 2.24) is 10.2 Å². The molecule has 1 aliphatic carbocycles. The highest BCUT2D eigenvalue weighted by atomic mass is 16.5. The molecule has 1 heterocycles. The largest absolute Gasteiger partial charge is 0.480 e. The minimum Gasteiger partial charge on any atom is -0.480 e. The Balaban J connectivity index is 1.71. The Bertz CT molecular complexity index is 784. The fourth-order valence-corrected chi connectivity index (χ4v) is 5.24. The number of hydrogen-bond donors (Lipinski definition) is 2. The topological polar surface area (TPSA) is 95.9 Å². The molecule has 5 atom stereocenters. The molecule has 0 radical (unpaired) electrons. The Morgan fingerprint density at radius 2 is 1.88 bits per heavy atom. The summed E-state index contributed by atoms with van der Waals surface area (Å²) in [5.41, 5.74) is 1.11. The number of esters is 1. The molecule has 7 heteroatoms. The maximum Gasteiger partial charge on any atom is 0.326 e. The van der Waals surface area contributed by atoms with Crippen molar-refractivity contribution in [3.05, 3.63) is 35.9 Å². The average molecular weight is 445 g/mol. The van der Waals surface area contributed by atoms with Crippen molar-refractivity contribution in [2.45, 2.75) is 89.4 Å². The van der Waals surface area contributed by atoms with Crippen LogP contribution in [0.4, 0.5) is 0 Å². The van der Waals surface area contributed by atoms with Crippen LogP contribution in [0.25, 0.3) is 0 Å². The van der Waals surface area contributed by atoms with Crippen LogP contribution in [0.2, 0.25) is 0 Å². The lowest BCUT2D eigenvalue weighted by molar-refractivity contribution is -0.151. The molecule has 0 bridgehead atoms. The molecule has 0 aromatic heterocycles. The molecule has 1 saturated carbocycles. The highest BCUT2D eigenvalue weighted by Gasteiger charge is 2.48. The summed E-state index contributed by atoms with van der Waals surface area (Å²) in [5, 5.41) is 13.0. The van der Waals surface area contributed by atoms with Crippen LogP contribution in [0.3, 0.4) is 0 Å². The fraction of sp³-hybridized carbons (Fsp3) is 0.640. The Kier molecular flexibility index (Phi) is 8.67. The van der Waals surface area contributed by atoms with E-state index < -0.39 is 24.1 Å². The summed E-state index contributed by atoms with van der Waals surface area (Å²) in [4.78, 5) is 39.6. The zero-order valence-electron chi connectivity index (χ0n) is 19.2. The van der Waals surface area contributed by atoms with Gasteiger partial charge in [-0.3, -0.25) is 14.9 Å². The van der Waals surface area contributed by atoms with Crippen molar-refractivity contribution >= 4 is 17.8 Å². The van der Waals surface area contributed by atoms with Crippen LogP contribution in [0.1, 0.15) is 64.4 Å². The number of nitrogens with one attached hydrogen (secondary N) is 1. The predicted octanol–water partition coefficient (Wildman–Crippen LogP) is 3.16. The van der Waals surface area contributed by atoms with Gasteiger partial charge in [-0.05, 0) is 57.4 Å². The number of aryl methyl sites for hydroxylation is 1. The number of fused-ring (bicyclic) bond motifs is 1. The van der Waals surface area contributed by atoms with Gasteiger partial charge in [0, 0.05) is 6.04 Å². The third kappa shape index (κ3) is 5.88. The van der Waals surface area contributed by atoms with Gasteiger partial charge in [-0.2, -0.15) is 0 Å². The van der Waals surface area contributed by atoms with E-state index in [2.05, 4.69) is 5.32 Å². The molecule has 1 aromatic rings. The summed E-state index contributed by atoms with van der Waals surface area (Å²) >= 11 is 0. The van der Waals surface area contributed by atoms with E-state index in [0.717, 1.165) is 37.7 Å². The molecule has 0 spiro atoms. The summed E-state index contributed by atoms with van der Waals surface area (Å²) < 4.78 is 5.24. The monoisotopic (exact) mass is 444 g/mol. The number of nitrogens with zero attached hydrogens (tertiary/aromatic N) is 1. The Morgan fingerprint density at radius 3 is 2.56 bits per heavy atom. The predicted molar refractivity (Wildman–Crippen MR) is 121 cm³/mol. The molecular formula is C25H36N2O5. The molecule has 176 valence electrons. The van der Waals surface area contributed by atoms with Gasteiger partial charge in [0.1, 0.15) is 12.1 Å². The van der Waals surface area contributed by atoms with Gasteiger partial charge in [0.15, 0.2) is 0 Å². The molecule has 2 aliphatic rings. The molecule has 2 N–H and O–H groups in total. The molecule has 1 amide bonds. The maximum atomic E-state index is 13.5. The average Bonchev–Trinajstić information content (AvgIpc) is 2.99. The van der Waals surface area contributed by atoms with Gasteiger partial charge in [0.05, 0.1) is 12.6 Å². The van der Waals surface area contributed by atoms with Crippen molar-refractivity contribution in [2.24, 2.45) is 5.92 Å². The third-order valence-electron chi connectivity index (χ3n) is 6.83. The number of carboxylic acid groups (broad SMARTS) is 1. The van der Waals surface area contributed by atoms with Crippen LogP contribution >= 0.6 is 0 Å². The molecule has 1 aliphatic heterocycles. The standard InChI is InChI=1S/C25H36N2O5/c1-3-32-25(31)20(15-14-18-10-6-4-7-11-18)26-17(2)23(28)27-21-13-9-5-8-12-19(21)16-22(27)24(29)30/h4,6-7,10-11,17,19-22,26H,3,5,8-9,12-16H2,1-2H3,(H,29,30)/t17-,19?,20?,21?,22?/m0/s1. The molecule has 7 nitrogen and oxygen atoms in total. The van der Waals surface area contributed by atoms with Crippen LogP contribution in [0.15, 0.2) is 30.3 Å². The number of carboxylic acids is 1. The summed E-state index contributed by atoms with van der Waals surface area (Å²) in [7, 11) is 0. The van der Waals surface area contributed by atoms with Crippen LogP contribution in [-0.4, -0.2) is 58.6 Å². The van der Waals surface area contributed by atoms with E-state index in [4.69, 9.17) is 4.74 Å². The van der Waals surface area contributed by atoms with Crippen molar-refractivity contribution in [3.8, 4) is 0 Å². The third-order valence-corrected chi connectivity index (χ3v) is 6.83. The number of likely N-dealkylation sites (tertiary alicyclic amines) is 1. The normalized spacial score (nSPS) is 24.8. The van der Waals surface area contributed by atoms with Crippen LogP contribution < -0.4 is 5.32 Å². The SMILES string of the molecule is CCOC(=O)C(CCc1ccccc1)N[C@@H](C)C(=O)N1C(C(=O)O)CC2CCCCCC21. The van der Waals surface area contributed by atoms with Gasteiger partial charge < -0.3 is 14.7 Å². The van der Waals surface area contributed by atoms with E-state index >= 15 is 0 Å². The van der Waals surface area contributed by atoms with Crippen molar-refractivity contribution < 1.29 is 24.2 Å². The lowest BCUT2D eigenvalue weighted by Gasteiger charge is -2.33. The van der Waals surface area contributed by atoms with Gasteiger partial charge in [-0.1, -0.05) is 49.6 Å². The second kappa shape index (κ2) is 11.5. The maximum absolute atomic E-state index is 13.5. The molecule has 3 rings (SSSR count). The molecule has 2 fully saturated rings. The number of amides is 1. The summed E-state index contributed by atoms with van der Waals surface area (Å²) in [6, 6.07) is 7.74. The molecule has 1 saturated heterocycles. The number of benzene rings is 1. The van der Waals surface area contributed by atoms with Crippen LogP contribution in [0, 0.1) is 5.92 Å². The molecular weight excluding hydrogens is 408 g/mol. The van der Waals surface area contributed by atoms with E-state index in [9.17, 15) is 19.5 Å². The highest BCUT2D eigenvalue weighted by Crippen LogP contribution is 2.39. The van der Waals surface area contributed by atoms with E-state index in [1.54, 1.807) is 18.7 Å². The molecule has 32 heavy (non-hydrogen) atoms. The lowest BCUT2D eigenvalue weighted by atomic mass is 9.94. The smallest absolute Gasteiger partial charge is 0.326 e. The number of carbonyl (C=O) groups is 3. The Hall–Kier alpha value is -2.41. The zero-order chi connectivity index (χ0) is 23.1. The minimum absolute atomic E-state index is 0.0271. The van der Waals surface area contributed by atoms with Crippen molar-refractivity contribution in [1.29, 1.82) is 0 Å². The number of hydrogen-bond acceptors (Lipinski definition) is 5. The van der Waals surface area contributed by atoms with Gasteiger partial charge in [-0.15, -0.1) is 0 Å². The summed E-state index contributed by atoms with van der Waals surface area (Å²) in [6.45, 7) is 3.75. The number of rotatable bonds is 9. The Labute approximate surface area is 190 Å². The van der Waals surface area contributed by atoms with Crippen LogP contribution in [0.5, 0.6) is 0 Å². The van der Waals surface area contributed by atoms with Gasteiger partial charge >= 0.3 is 11.9 Å². The fourth-order valence-electron chi connectivity index (χ4n) is 5.24. The first kappa shape index (κ1) is 24.2. The quantitative estimate of drug-likeness (QED) is 0.568. The van der Waals surface area contributed by atoms with Gasteiger partial charge in [0.25, 0.3) is 0 Å². The molecule has 1 aromatic carbocycles. The lowest BCUT2D eigenvalue weighted by Crippen LogP contribution is -2.55. The summed E-state index contributed by atoms with van der Waals surface area (Å²) in [6.07, 6.45) is 6.75. The van der Waals surface area contributed by atoms with Crippen molar-refractivity contribution in [2.75, 3.05) is 6.61 Å². The molecule has 4 unspecified atom stereocenters. The first-order chi connectivity index (χ1) is 15.4. The first-order valence-electron chi connectivity index (χ1n) is 11.9. The van der Waals surface area contributed by atoms with Gasteiger partial charge in [-0.25, -0.2) is 4.79 Å². The summed E-state index contributed by atoms with van der Waals surface area (Å²) in [5.74, 6) is -1.31. The second-order valence-corrected chi connectivity index (χ2v) is 9.02. The van der Waals surface area contributed by atoms with Gasteiger partial charge in [0.2, 0.25) is 5.91 Å². The van der Waals surface area contributed by atoms with E-state index in [1.165, 1.54) is 0 Å². The second-order valence-electron chi connectivity index (χ2n) is 9.02. The minimum atomic E-state index is -0.940. The zero-order valence-corrected chi connectivity index (χ0v) is 19.2.